The van der Waals surface area contributed by atoms with Crippen LogP contribution in [0.1, 0.15) is 51.0 Å². The van der Waals surface area contributed by atoms with Crippen LogP contribution in [0.2, 0.25) is 0 Å². The van der Waals surface area contributed by atoms with Crippen molar-refractivity contribution in [2.24, 2.45) is 0 Å². The van der Waals surface area contributed by atoms with E-state index in [0.29, 0.717) is 13.0 Å². The van der Waals surface area contributed by atoms with Crippen molar-refractivity contribution in [1.29, 1.82) is 0 Å². The van der Waals surface area contributed by atoms with Gasteiger partial charge in [-0.2, -0.15) is 11.3 Å². The van der Waals surface area contributed by atoms with Gasteiger partial charge < -0.3 is 4.74 Å². The minimum atomic E-state index is -0.0447. The molecule has 0 saturated carbocycles. The van der Waals surface area contributed by atoms with Gasteiger partial charge in [-0.1, -0.05) is 32.6 Å². The van der Waals surface area contributed by atoms with Crippen molar-refractivity contribution in [1.82, 2.24) is 0 Å². The Hall–Kier alpha value is -0.830. The largest absolute Gasteiger partial charge is 0.465 e. The topological polar surface area (TPSA) is 26.3 Å². The highest BCUT2D eigenvalue weighted by Crippen LogP contribution is 2.08. The van der Waals surface area contributed by atoms with E-state index in [1.807, 2.05) is 5.38 Å². The van der Waals surface area contributed by atoms with Crippen molar-refractivity contribution >= 4 is 17.3 Å². The summed E-state index contributed by atoms with van der Waals surface area (Å²) in [5, 5.41) is 4.14. The highest BCUT2D eigenvalue weighted by molar-refractivity contribution is 7.07. The Morgan fingerprint density at radius 2 is 2.12 bits per heavy atom. The number of esters is 1. The van der Waals surface area contributed by atoms with Gasteiger partial charge in [0.2, 0.25) is 0 Å². The summed E-state index contributed by atoms with van der Waals surface area (Å²) in [6, 6.07) is 2.07. The van der Waals surface area contributed by atoms with Crippen molar-refractivity contribution < 1.29 is 9.53 Å². The van der Waals surface area contributed by atoms with Crippen molar-refractivity contribution in [2.45, 2.75) is 51.9 Å². The minimum absolute atomic E-state index is 0.0447. The van der Waals surface area contributed by atoms with Gasteiger partial charge in [0, 0.05) is 12.8 Å². The van der Waals surface area contributed by atoms with Gasteiger partial charge in [0.05, 0.1) is 6.61 Å². The first kappa shape index (κ1) is 14.2. The van der Waals surface area contributed by atoms with Crippen LogP contribution in [0.25, 0.3) is 0 Å². The smallest absolute Gasteiger partial charge is 0.305 e. The first-order valence-electron chi connectivity index (χ1n) is 6.49. The van der Waals surface area contributed by atoms with E-state index in [1.54, 1.807) is 11.3 Å². The molecular weight excluding hydrogens is 232 g/mol. The summed E-state index contributed by atoms with van der Waals surface area (Å²) >= 11 is 1.68. The molecule has 1 aromatic heterocycles. The molecule has 0 saturated heterocycles. The molecule has 0 spiro atoms. The van der Waals surface area contributed by atoms with Gasteiger partial charge in [0.1, 0.15) is 0 Å². The second-order valence-electron chi connectivity index (χ2n) is 4.27. The van der Waals surface area contributed by atoms with Crippen molar-refractivity contribution in [3.05, 3.63) is 22.4 Å². The molecule has 0 N–H and O–H groups in total. The summed E-state index contributed by atoms with van der Waals surface area (Å²) in [7, 11) is 0. The molecule has 96 valence electrons. The van der Waals surface area contributed by atoms with E-state index >= 15 is 0 Å². The lowest BCUT2D eigenvalue weighted by Crippen LogP contribution is -2.07. The van der Waals surface area contributed by atoms with Crippen LogP contribution in [0.3, 0.4) is 0 Å². The number of carbonyl (C=O) groups excluding carboxylic acids is 1. The predicted molar refractivity (Wildman–Crippen MR) is 72.4 cm³/mol. The third-order valence-electron chi connectivity index (χ3n) is 2.72. The van der Waals surface area contributed by atoms with E-state index in [4.69, 9.17) is 4.74 Å². The molecule has 0 radical (unpaired) electrons. The van der Waals surface area contributed by atoms with Crippen molar-refractivity contribution in [3.63, 3.8) is 0 Å². The Morgan fingerprint density at radius 1 is 1.29 bits per heavy atom. The van der Waals surface area contributed by atoms with Gasteiger partial charge >= 0.3 is 5.97 Å². The molecule has 0 unspecified atom stereocenters. The zero-order valence-electron chi connectivity index (χ0n) is 10.6. The van der Waals surface area contributed by atoms with Crippen LogP contribution in [0, 0.1) is 0 Å². The maximum atomic E-state index is 11.4. The van der Waals surface area contributed by atoms with Crippen LogP contribution >= 0.6 is 11.3 Å². The molecule has 2 nitrogen and oxygen atoms in total. The molecular formula is C14H22O2S. The molecule has 0 fully saturated rings. The molecule has 0 bridgehead atoms. The van der Waals surface area contributed by atoms with Crippen LogP contribution in [0.5, 0.6) is 0 Å². The molecule has 0 aliphatic heterocycles. The monoisotopic (exact) mass is 254 g/mol. The molecule has 1 aromatic rings. The summed E-state index contributed by atoms with van der Waals surface area (Å²) in [5.41, 5.74) is 1.26. The SMILES string of the molecule is CCCCCCCC(=O)OCCc1ccsc1. The van der Waals surface area contributed by atoms with E-state index in [9.17, 15) is 4.79 Å². The van der Waals surface area contributed by atoms with E-state index in [1.165, 1.54) is 24.8 Å². The summed E-state index contributed by atoms with van der Waals surface area (Å²) in [6.07, 6.45) is 7.28. The fourth-order valence-corrected chi connectivity index (χ4v) is 2.37. The molecule has 3 heteroatoms. The summed E-state index contributed by atoms with van der Waals surface area (Å²) in [4.78, 5) is 11.4. The first-order chi connectivity index (χ1) is 8.33. The quantitative estimate of drug-likeness (QED) is 0.488. The van der Waals surface area contributed by atoms with Crippen LogP contribution in [-0.2, 0) is 16.0 Å². The highest BCUT2D eigenvalue weighted by Gasteiger charge is 2.02. The van der Waals surface area contributed by atoms with E-state index in [-0.39, 0.29) is 5.97 Å². The molecule has 0 amide bonds. The lowest BCUT2D eigenvalue weighted by molar-refractivity contribution is -0.143. The van der Waals surface area contributed by atoms with E-state index in [0.717, 1.165) is 19.3 Å². The third-order valence-corrected chi connectivity index (χ3v) is 3.45. The number of rotatable bonds is 9. The average Bonchev–Trinajstić information content (AvgIpc) is 2.82. The lowest BCUT2D eigenvalue weighted by Gasteiger charge is -2.03. The van der Waals surface area contributed by atoms with Gasteiger partial charge in [-0.25, -0.2) is 0 Å². The minimum Gasteiger partial charge on any atom is -0.465 e. The number of hydrogen-bond acceptors (Lipinski definition) is 3. The van der Waals surface area contributed by atoms with Crippen LogP contribution in [0.15, 0.2) is 16.8 Å². The van der Waals surface area contributed by atoms with E-state index in [2.05, 4.69) is 18.4 Å². The number of thiophene rings is 1. The maximum absolute atomic E-state index is 11.4. The summed E-state index contributed by atoms with van der Waals surface area (Å²) < 4.78 is 5.19. The zero-order valence-corrected chi connectivity index (χ0v) is 11.4. The Morgan fingerprint density at radius 3 is 2.82 bits per heavy atom. The molecule has 0 aliphatic rings. The van der Waals surface area contributed by atoms with Crippen LogP contribution in [-0.4, -0.2) is 12.6 Å². The van der Waals surface area contributed by atoms with Crippen molar-refractivity contribution in [2.75, 3.05) is 6.61 Å². The Bertz CT molecular complexity index is 293. The molecule has 0 atom stereocenters. The normalized spacial score (nSPS) is 10.4. The molecule has 17 heavy (non-hydrogen) atoms. The number of hydrogen-bond donors (Lipinski definition) is 0. The van der Waals surface area contributed by atoms with Gasteiger partial charge in [-0.15, -0.1) is 0 Å². The van der Waals surface area contributed by atoms with Gasteiger partial charge in [-0.3, -0.25) is 4.79 Å². The molecule has 0 aromatic carbocycles. The summed E-state index contributed by atoms with van der Waals surface area (Å²) in [6.45, 7) is 2.71. The molecule has 0 aliphatic carbocycles. The third kappa shape index (κ3) is 7.16. The molecule has 1 rings (SSSR count). The molecule has 1 heterocycles. The predicted octanol–water partition coefficient (Wildman–Crippen LogP) is 4.19. The fourth-order valence-electron chi connectivity index (χ4n) is 1.66. The van der Waals surface area contributed by atoms with Crippen LogP contribution < -0.4 is 0 Å². The average molecular weight is 254 g/mol. The standard InChI is InChI=1S/C14H22O2S/c1-2-3-4-5-6-7-14(15)16-10-8-13-9-11-17-12-13/h9,11-12H,2-8,10H2,1H3. The van der Waals surface area contributed by atoms with Crippen molar-refractivity contribution in [3.8, 4) is 0 Å². The highest BCUT2D eigenvalue weighted by atomic mass is 32.1. The van der Waals surface area contributed by atoms with E-state index < -0.39 is 0 Å². The van der Waals surface area contributed by atoms with Crippen LogP contribution in [0.4, 0.5) is 0 Å². The zero-order chi connectivity index (χ0) is 12.3. The second kappa shape index (κ2) is 9.23. The fraction of sp³-hybridized carbons (Fsp3) is 0.643. The number of ether oxygens (including phenoxy) is 1. The Labute approximate surface area is 108 Å². The Balaban J connectivity index is 1.94. The maximum Gasteiger partial charge on any atom is 0.305 e. The van der Waals surface area contributed by atoms with Gasteiger partial charge in [0.25, 0.3) is 0 Å². The first-order valence-corrected chi connectivity index (χ1v) is 7.44. The summed E-state index contributed by atoms with van der Waals surface area (Å²) in [5.74, 6) is -0.0447. The number of unbranched alkanes of at least 4 members (excludes halogenated alkanes) is 4. The number of carbonyl (C=O) groups is 1. The lowest BCUT2D eigenvalue weighted by atomic mass is 10.1. The van der Waals surface area contributed by atoms with Gasteiger partial charge in [-0.05, 0) is 28.8 Å². The Kier molecular flexibility index (Phi) is 7.72. The van der Waals surface area contributed by atoms with Gasteiger partial charge in [0.15, 0.2) is 0 Å². The second-order valence-corrected chi connectivity index (χ2v) is 5.05.